The smallest absolute Gasteiger partial charge is 0.354 e. The van der Waals surface area contributed by atoms with Crippen molar-refractivity contribution in [3.05, 3.63) is 99.0 Å². The molecular weight excluding hydrogens is 566 g/mol. The van der Waals surface area contributed by atoms with Crippen LogP contribution in [0, 0.1) is 6.92 Å². The van der Waals surface area contributed by atoms with E-state index in [0.717, 1.165) is 51.8 Å². The van der Waals surface area contributed by atoms with Crippen molar-refractivity contribution in [2.24, 2.45) is 10.7 Å². The van der Waals surface area contributed by atoms with E-state index in [1.54, 1.807) is 6.08 Å². The van der Waals surface area contributed by atoms with E-state index in [-0.39, 0.29) is 35.4 Å². The molecule has 40 heavy (non-hydrogen) atoms. The van der Waals surface area contributed by atoms with Crippen LogP contribution in [0.5, 0.6) is 0 Å². The number of carboxylic acid groups (broad SMARTS) is 1. The average Bonchev–Trinajstić information content (AvgIpc) is 3.37. The third-order valence-corrected chi connectivity index (χ3v) is 9.10. The average molecular weight is 599 g/mol. The summed E-state index contributed by atoms with van der Waals surface area (Å²) in [5, 5.41) is 10.1. The van der Waals surface area contributed by atoms with Crippen LogP contribution >= 0.6 is 15.9 Å². The predicted molar refractivity (Wildman–Crippen MR) is 162 cm³/mol. The number of nitrogens with two attached hydrogens (primary N) is 1. The lowest BCUT2D eigenvalue weighted by molar-refractivity contribution is -0.129. The van der Waals surface area contributed by atoms with Crippen molar-refractivity contribution in [1.29, 1.82) is 0 Å². The number of carbonyl (C=O) groups is 2. The van der Waals surface area contributed by atoms with Gasteiger partial charge in [-0.3, -0.25) is 9.79 Å². The van der Waals surface area contributed by atoms with Crippen molar-refractivity contribution in [2.45, 2.75) is 63.1 Å². The number of aryl methyl sites for hydroxylation is 1. The Labute approximate surface area is 242 Å². The Morgan fingerprint density at radius 2 is 1.90 bits per heavy atom. The number of fused-ring (bicyclic) bond motifs is 3. The number of Topliss-reactive ketones (excluding diaryl/α,β-unsaturated/α-hetero) is 1. The highest BCUT2D eigenvalue weighted by Crippen LogP contribution is 2.58. The van der Waals surface area contributed by atoms with Gasteiger partial charge in [-0.25, -0.2) is 4.79 Å². The number of nitrogens with zero attached hydrogens (tertiary/aromatic N) is 2. The van der Waals surface area contributed by atoms with Crippen molar-refractivity contribution in [3.8, 4) is 0 Å². The molecule has 6 rings (SSSR count). The highest BCUT2D eigenvalue weighted by atomic mass is 79.9. The minimum absolute atomic E-state index is 0.131. The van der Waals surface area contributed by atoms with Crippen LogP contribution in [0.3, 0.4) is 0 Å². The molecule has 0 radical (unpaired) electrons. The first-order valence-electron chi connectivity index (χ1n) is 13.8. The summed E-state index contributed by atoms with van der Waals surface area (Å²) in [7, 11) is 0. The second-order valence-electron chi connectivity index (χ2n) is 11.2. The number of rotatable bonds is 5. The van der Waals surface area contributed by atoms with Crippen molar-refractivity contribution in [3.63, 3.8) is 0 Å². The summed E-state index contributed by atoms with van der Waals surface area (Å²) in [6.07, 6.45) is 5.94. The SMILES string of the molecule is Cc1ccc(N2c3c(Br)cc(C=C4C(=O)CCC(Cc5ccccc5)N=C4C(=O)O)cc3C3CCCC32N)cc1. The number of hydrogen-bond donors (Lipinski definition) is 2. The second kappa shape index (κ2) is 10.5. The van der Waals surface area contributed by atoms with Crippen LogP contribution in [0.2, 0.25) is 0 Å². The number of aliphatic carboxylic acids is 1. The summed E-state index contributed by atoms with van der Waals surface area (Å²) >= 11 is 3.81. The number of hydrogen-bond acceptors (Lipinski definition) is 5. The molecule has 0 spiro atoms. The van der Waals surface area contributed by atoms with Gasteiger partial charge in [-0.2, -0.15) is 0 Å². The van der Waals surface area contributed by atoms with E-state index in [1.807, 2.05) is 36.4 Å². The monoisotopic (exact) mass is 597 g/mol. The van der Waals surface area contributed by atoms with Crippen molar-refractivity contribution >= 4 is 50.8 Å². The van der Waals surface area contributed by atoms with Gasteiger partial charge in [0.15, 0.2) is 11.5 Å². The third kappa shape index (κ3) is 4.71. The molecule has 3 atom stereocenters. The molecule has 2 heterocycles. The number of halogens is 1. The van der Waals surface area contributed by atoms with Gasteiger partial charge in [0.25, 0.3) is 0 Å². The maximum atomic E-state index is 13.3. The number of carbonyl (C=O) groups excluding carboxylic acids is 1. The molecule has 3 aliphatic rings. The third-order valence-electron chi connectivity index (χ3n) is 8.50. The minimum atomic E-state index is -1.18. The van der Waals surface area contributed by atoms with E-state index >= 15 is 0 Å². The molecule has 1 aliphatic carbocycles. The fourth-order valence-corrected chi connectivity index (χ4v) is 7.28. The molecule has 1 saturated carbocycles. The highest BCUT2D eigenvalue weighted by molar-refractivity contribution is 9.10. The van der Waals surface area contributed by atoms with Crippen LogP contribution in [0.1, 0.15) is 60.3 Å². The van der Waals surface area contributed by atoms with Crippen LogP contribution in [-0.2, 0) is 16.0 Å². The van der Waals surface area contributed by atoms with E-state index in [1.165, 1.54) is 5.56 Å². The summed E-state index contributed by atoms with van der Waals surface area (Å²) in [5.74, 6) is -1.24. The van der Waals surface area contributed by atoms with Crippen LogP contribution < -0.4 is 10.6 Å². The number of ketones is 1. The normalized spacial score (nSPS) is 25.0. The van der Waals surface area contributed by atoms with Gasteiger partial charge in [-0.05, 0) is 102 Å². The number of aliphatic imine (C=N–C) groups is 1. The predicted octanol–water partition coefficient (Wildman–Crippen LogP) is 6.71. The van der Waals surface area contributed by atoms with Gasteiger partial charge in [0.1, 0.15) is 5.66 Å². The highest BCUT2D eigenvalue weighted by Gasteiger charge is 2.53. The molecule has 204 valence electrons. The van der Waals surface area contributed by atoms with E-state index in [4.69, 9.17) is 5.73 Å². The standard InChI is InChI=1S/C33H32BrN3O3/c1-20-9-12-24(13-10-20)37-31-25(27-8-5-15-33(27,37)35)17-22(19-28(31)34)18-26-29(38)14-11-23(36-30(26)32(39)40)16-21-6-3-2-4-7-21/h2-4,6-7,9-10,12-13,17-19,23,27H,5,8,11,14-16,35H2,1H3,(H,39,40). The molecule has 2 aliphatic heterocycles. The summed E-state index contributed by atoms with van der Waals surface area (Å²) in [5.41, 5.74) is 12.9. The molecule has 3 N–H and O–H groups in total. The van der Waals surface area contributed by atoms with Crippen molar-refractivity contribution < 1.29 is 14.7 Å². The molecule has 3 aromatic carbocycles. The molecule has 0 aromatic heterocycles. The second-order valence-corrected chi connectivity index (χ2v) is 12.0. The Morgan fingerprint density at radius 3 is 2.62 bits per heavy atom. The molecule has 0 saturated heterocycles. The van der Waals surface area contributed by atoms with Gasteiger partial charge in [-0.1, -0.05) is 48.0 Å². The zero-order valence-electron chi connectivity index (χ0n) is 22.4. The zero-order valence-corrected chi connectivity index (χ0v) is 24.0. The van der Waals surface area contributed by atoms with Crippen LogP contribution in [-0.4, -0.2) is 34.3 Å². The molecule has 0 bridgehead atoms. The molecule has 7 heteroatoms. The van der Waals surface area contributed by atoms with Gasteiger partial charge < -0.3 is 15.7 Å². The lowest BCUT2D eigenvalue weighted by Gasteiger charge is -2.37. The Hall–Kier alpha value is -3.55. The first-order valence-corrected chi connectivity index (χ1v) is 14.6. The number of benzene rings is 3. The Kier molecular flexibility index (Phi) is 6.97. The van der Waals surface area contributed by atoms with E-state index in [2.05, 4.69) is 63.1 Å². The number of anilines is 2. The van der Waals surface area contributed by atoms with E-state index in [9.17, 15) is 14.7 Å². The van der Waals surface area contributed by atoms with Gasteiger partial charge in [-0.15, -0.1) is 0 Å². The summed E-state index contributed by atoms with van der Waals surface area (Å²) < 4.78 is 0.869. The van der Waals surface area contributed by atoms with E-state index < -0.39 is 11.6 Å². The largest absolute Gasteiger partial charge is 0.477 e. The lowest BCUT2D eigenvalue weighted by atomic mass is 9.91. The quantitative estimate of drug-likeness (QED) is 0.318. The molecule has 0 amide bonds. The van der Waals surface area contributed by atoms with Gasteiger partial charge in [0, 0.05) is 22.5 Å². The van der Waals surface area contributed by atoms with Crippen LogP contribution in [0.15, 0.2) is 81.8 Å². The Balaban J connectivity index is 1.41. The fourth-order valence-electron chi connectivity index (χ4n) is 6.61. The molecule has 3 unspecified atom stereocenters. The summed E-state index contributed by atoms with van der Waals surface area (Å²) in [6.45, 7) is 2.07. The Bertz CT molecular complexity index is 1550. The maximum Gasteiger partial charge on any atom is 0.354 e. The summed E-state index contributed by atoms with van der Waals surface area (Å²) in [4.78, 5) is 32.5. The minimum Gasteiger partial charge on any atom is -0.477 e. The Morgan fingerprint density at radius 1 is 1.15 bits per heavy atom. The zero-order chi connectivity index (χ0) is 28.0. The topological polar surface area (TPSA) is 96.0 Å². The fraction of sp³-hybridized carbons (Fsp3) is 0.303. The lowest BCUT2D eigenvalue weighted by Crippen LogP contribution is -2.52. The maximum absolute atomic E-state index is 13.3. The van der Waals surface area contributed by atoms with Gasteiger partial charge in [0.05, 0.1) is 17.3 Å². The number of carboxylic acids is 1. The molecule has 6 nitrogen and oxygen atoms in total. The van der Waals surface area contributed by atoms with Crippen LogP contribution in [0.4, 0.5) is 11.4 Å². The first-order chi connectivity index (χ1) is 19.2. The van der Waals surface area contributed by atoms with Crippen LogP contribution in [0.25, 0.3) is 6.08 Å². The first kappa shape index (κ1) is 26.7. The molecule has 3 aromatic rings. The molecular formula is C33H32BrN3O3. The van der Waals surface area contributed by atoms with Gasteiger partial charge in [0.2, 0.25) is 0 Å². The molecule has 1 fully saturated rings. The summed E-state index contributed by atoms with van der Waals surface area (Å²) in [6, 6.07) is 22.1. The van der Waals surface area contributed by atoms with E-state index in [0.29, 0.717) is 12.8 Å². The van der Waals surface area contributed by atoms with Crippen molar-refractivity contribution in [1.82, 2.24) is 0 Å². The van der Waals surface area contributed by atoms with Gasteiger partial charge >= 0.3 is 5.97 Å². The van der Waals surface area contributed by atoms with Crippen molar-refractivity contribution in [2.75, 3.05) is 4.90 Å².